The third kappa shape index (κ3) is 2.70. The van der Waals surface area contributed by atoms with Gasteiger partial charge in [-0.15, -0.1) is 11.3 Å². The number of benzene rings is 1. The average Bonchev–Trinajstić information content (AvgIpc) is 3.10. The molecule has 0 fully saturated rings. The van der Waals surface area contributed by atoms with Gasteiger partial charge in [-0.3, -0.25) is 9.78 Å². The molecule has 1 aliphatic heterocycles. The minimum Gasteiger partial charge on any atom is -0.368 e. The fourth-order valence-corrected chi connectivity index (χ4v) is 4.13. The standard InChI is InChI=1S/C19H18N2O2S/c1-19(15-7-9-24-17(15)6-8-23-19)12-21-18(22)14-10-13-4-2-3-5-16(13)20-11-14/h2-5,7,9-11H,6,8,12H2,1H3,(H,21,22). The van der Waals surface area contributed by atoms with Gasteiger partial charge in [0.1, 0.15) is 5.60 Å². The molecule has 0 saturated heterocycles. The van der Waals surface area contributed by atoms with Crippen molar-refractivity contribution in [2.45, 2.75) is 18.9 Å². The Bertz CT molecular complexity index is 905. The van der Waals surface area contributed by atoms with E-state index in [0.29, 0.717) is 18.7 Å². The van der Waals surface area contributed by atoms with E-state index in [2.05, 4.69) is 21.7 Å². The number of aromatic nitrogens is 1. The van der Waals surface area contributed by atoms with Gasteiger partial charge in [0.2, 0.25) is 0 Å². The molecule has 24 heavy (non-hydrogen) atoms. The second-order valence-corrected chi connectivity index (χ2v) is 7.19. The van der Waals surface area contributed by atoms with Crippen LogP contribution < -0.4 is 5.32 Å². The van der Waals surface area contributed by atoms with E-state index in [-0.39, 0.29) is 5.91 Å². The summed E-state index contributed by atoms with van der Waals surface area (Å²) in [6.45, 7) is 3.18. The normalized spacial score (nSPS) is 19.9. The Balaban J connectivity index is 1.52. The minimum absolute atomic E-state index is 0.125. The quantitative estimate of drug-likeness (QED) is 0.795. The highest BCUT2D eigenvalue weighted by Crippen LogP contribution is 2.35. The van der Waals surface area contributed by atoms with Crippen molar-refractivity contribution in [2.75, 3.05) is 13.2 Å². The molecule has 1 amide bonds. The van der Waals surface area contributed by atoms with Gasteiger partial charge in [0.15, 0.2) is 0 Å². The predicted molar refractivity (Wildman–Crippen MR) is 95.4 cm³/mol. The maximum atomic E-state index is 12.5. The number of nitrogens with zero attached hydrogens (tertiary/aromatic N) is 1. The predicted octanol–water partition coefficient (Wildman–Crippen LogP) is 3.51. The second-order valence-electron chi connectivity index (χ2n) is 6.19. The lowest BCUT2D eigenvalue weighted by Gasteiger charge is -2.34. The van der Waals surface area contributed by atoms with Crippen molar-refractivity contribution < 1.29 is 9.53 Å². The van der Waals surface area contributed by atoms with Gasteiger partial charge in [0.05, 0.1) is 24.2 Å². The molecule has 1 N–H and O–H groups in total. The molecule has 3 aromatic rings. The maximum Gasteiger partial charge on any atom is 0.252 e. The van der Waals surface area contributed by atoms with Crippen LogP contribution in [0.25, 0.3) is 10.9 Å². The number of thiophene rings is 1. The van der Waals surface area contributed by atoms with Crippen LogP contribution >= 0.6 is 11.3 Å². The number of hydrogen-bond donors (Lipinski definition) is 1. The fourth-order valence-electron chi connectivity index (χ4n) is 3.14. The van der Waals surface area contributed by atoms with Gasteiger partial charge in [0.25, 0.3) is 5.91 Å². The van der Waals surface area contributed by atoms with Crippen molar-refractivity contribution in [1.29, 1.82) is 0 Å². The summed E-state index contributed by atoms with van der Waals surface area (Å²) in [4.78, 5) is 18.2. The molecule has 5 heteroatoms. The van der Waals surface area contributed by atoms with E-state index >= 15 is 0 Å². The number of ether oxygens (including phenoxy) is 1. The first-order valence-corrected chi connectivity index (χ1v) is 8.87. The topological polar surface area (TPSA) is 51.2 Å². The molecule has 1 aromatic carbocycles. The van der Waals surface area contributed by atoms with Crippen LogP contribution in [0.1, 0.15) is 27.7 Å². The first-order chi connectivity index (χ1) is 11.7. The zero-order valence-corrected chi connectivity index (χ0v) is 14.2. The fraction of sp³-hybridized carbons (Fsp3) is 0.263. The number of carbonyl (C=O) groups is 1. The van der Waals surface area contributed by atoms with Crippen LogP contribution in [0.5, 0.6) is 0 Å². The summed E-state index contributed by atoms with van der Waals surface area (Å²) in [5.41, 5.74) is 2.18. The number of hydrogen-bond acceptors (Lipinski definition) is 4. The van der Waals surface area contributed by atoms with Crippen molar-refractivity contribution in [3.05, 3.63) is 64.0 Å². The van der Waals surface area contributed by atoms with Crippen molar-refractivity contribution in [1.82, 2.24) is 10.3 Å². The summed E-state index contributed by atoms with van der Waals surface area (Å²) in [6.07, 6.45) is 2.57. The molecular formula is C19H18N2O2S. The van der Waals surface area contributed by atoms with Crippen LogP contribution in [0.4, 0.5) is 0 Å². The molecule has 4 rings (SSSR count). The van der Waals surface area contributed by atoms with Gasteiger partial charge < -0.3 is 10.1 Å². The lowest BCUT2D eigenvalue weighted by atomic mass is 9.93. The largest absolute Gasteiger partial charge is 0.368 e. The number of fused-ring (bicyclic) bond motifs is 2. The van der Waals surface area contributed by atoms with E-state index < -0.39 is 5.60 Å². The Kier molecular flexibility index (Phi) is 3.82. The Morgan fingerprint density at radius 2 is 2.25 bits per heavy atom. The van der Waals surface area contributed by atoms with Crippen molar-refractivity contribution in [3.63, 3.8) is 0 Å². The number of pyridine rings is 1. The van der Waals surface area contributed by atoms with E-state index in [9.17, 15) is 4.79 Å². The number of carbonyl (C=O) groups excluding carboxylic acids is 1. The molecule has 3 heterocycles. The summed E-state index contributed by atoms with van der Waals surface area (Å²) in [7, 11) is 0. The third-order valence-electron chi connectivity index (χ3n) is 4.50. The van der Waals surface area contributed by atoms with Crippen molar-refractivity contribution >= 4 is 28.1 Å². The lowest BCUT2D eigenvalue weighted by Crippen LogP contribution is -2.43. The Morgan fingerprint density at radius 1 is 1.38 bits per heavy atom. The molecule has 0 saturated carbocycles. The third-order valence-corrected chi connectivity index (χ3v) is 5.48. The molecule has 4 nitrogen and oxygen atoms in total. The summed E-state index contributed by atoms with van der Waals surface area (Å²) in [5.74, 6) is -0.125. The van der Waals surface area contributed by atoms with E-state index in [1.165, 1.54) is 10.4 Å². The van der Waals surface area contributed by atoms with Gasteiger partial charge in [-0.05, 0) is 36.1 Å². The zero-order valence-electron chi connectivity index (χ0n) is 13.4. The van der Waals surface area contributed by atoms with Crippen molar-refractivity contribution in [2.24, 2.45) is 0 Å². The SMILES string of the molecule is CC1(CNC(=O)c2cnc3ccccc3c2)OCCc2sccc21. The van der Waals surface area contributed by atoms with Crippen molar-refractivity contribution in [3.8, 4) is 0 Å². The smallest absolute Gasteiger partial charge is 0.252 e. The van der Waals surface area contributed by atoms with Crippen LogP contribution in [0, 0.1) is 0 Å². The molecule has 0 aliphatic carbocycles. The van der Waals surface area contributed by atoms with E-state index in [1.807, 2.05) is 37.3 Å². The molecule has 1 aliphatic rings. The van der Waals surface area contributed by atoms with Crippen LogP contribution in [0.15, 0.2) is 48.0 Å². The van der Waals surface area contributed by atoms with Gasteiger partial charge in [-0.2, -0.15) is 0 Å². The number of amides is 1. The van der Waals surface area contributed by atoms with Crippen LogP contribution in [-0.2, 0) is 16.8 Å². The average molecular weight is 338 g/mol. The van der Waals surface area contributed by atoms with Crippen LogP contribution in [-0.4, -0.2) is 24.0 Å². The maximum absolute atomic E-state index is 12.5. The lowest BCUT2D eigenvalue weighted by molar-refractivity contribution is -0.0425. The minimum atomic E-state index is -0.465. The van der Waals surface area contributed by atoms with Gasteiger partial charge in [0, 0.05) is 22.9 Å². The molecular weight excluding hydrogens is 320 g/mol. The Labute approximate surface area is 144 Å². The van der Waals surface area contributed by atoms with Crippen LogP contribution in [0.2, 0.25) is 0 Å². The summed E-state index contributed by atoms with van der Waals surface area (Å²) >= 11 is 1.76. The van der Waals surface area contributed by atoms with Gasteiger partial charge in [-0.1, -0.05) is 18.2 Å². The highest BCUT2D eigenvalue weighted by atomic mass is 32.1. The second kappa shape index (κ2) is 6.00. The first kappa shape index (κ1) is 15.3. The van der Waals surface area contributed by atoms with Crippen LogP contribution in [0.3, 0.4) is 0 Å². The zero-order chi connectivity index (χ0) is 16.6. The molecule has 122 valence electrons. The number of para-hydroxylation sites is 1. The molecule has 0 radical (unpaired) electrons. The van der Waals surface area contributed by atoms with Gasteiger partial charge >= 0.3 is 0 Å². The number of nitrogens with one attached hydrogen (secondary N) is 1. The molecule has 0 bridgehead atoms. The first-order valence-electron chi connectivity index (χ1n) is 7.99. The molecule has 2 aromatic heterocycles. The summed E-state index contributed by atoms with van der Waals surface area (Å²) in [5, 5.41) is 6.06. The molecule has 1 unspecified atom stereocenters. The molecule has 0 spiro atoms. The highest BCUT2D eigenvalue weighted by molar-refractivity contribution is 7.10. The van der Waals surface area contributed by atoms with E-state index in [4.69, 9.17) is 4.74 Å². The summed E-state index contributed by atoms with van der Waals surface area (Å²) < 4.78 is 5.98. The Hall–Kier alpha value is -2.24. The van der Waals surface area contributed by atoms with E-state index in [1.54, 1.807) is 17.5 Å². The van der Waals surface area contributed by atoms with Gasteiger partial charge in [-0.25, -0.2) is 0 Å². The summed E-state index contributed by atoms with van der Waals surface area (Å²) in [6, 6.07) is 11.8. The number of rotatable bonds is 3. The van der Waals surface area contributed by atoms with E-state index in [0.717, 1.165) is 17.3 Å². The molecule has 1 atom stereocenters. The Morgan fingerprint density at radius 3 is 3.17 bits per heavy atom. The monoisotopic (exact) mass is 338 g/mol. The highest BCUT2D eigenvalue weighted by Gasteiger charge is 2.34.